The van der Waals surface area contributed by atoms with Gasteiger partial charge < -0.3 is 5.11 Å². The summed E-state index contributed by atoms with van der Waals surface area (Å²) in [6.45, 7) is 9.43. The van der Waals surface area contributed by atoms with E-state index in [1.807, 2.05) is 0 Å². The smallest absolute Gasteiger partial charge is 0.0757 e. The second-order valence-electron chi connectivity index (χ2n) is 7.59. The number of rotatable bonds is 0. The second kappa shape index (κ2) is 2.85. The number of aliphatic hydroxyl groups is 1. The number of hydrogen-bond donors (Lipinski definition) is 1. The van der Waals surface area contributed by atoms with Crippen molar-refractivity contribution in [1.82, 2.24) is 0 Å². The van der Waals surface area contributed by atoms with Gasteiger partial charge in [0.1, 0.15) is 0 Å². The molecular weight excluding hydrogens is 196 g/mol. The van der Waals surface area contributed by atoms with Crippen molar-refractivity contribution in [3.63, 3.8) is 0 Å². The van der Waals surface area contributed by atoms with E-state index < -0.39 is 5.60 Å². The molecule has 4 aliphatic rings. The quantitative estimate of drug-likeness (QED) is 0.664. The van der Waals surface area contributed by atoms with Gasteiger partial charge in [0.15, 0.2) is 0 Å². The Morgan fingerprint density at radius 1 is 1.06 bits per heavy atom. The van der Waals surface area contributed by atoms with Crippen LogP contribution < -0.4 is 0 Å². The van der Waals surface area contributed by atoms with Crippen LogP contribution in [0.5, 0.6) is 0 Å². The van der Waals surface area contributed by atoms with Crippen LogP contribution in [0.1, 0.15) is 59.8 Å². The van der Waals surface area contributed by atoms with Crippen LogP contribution in [-0.4, -0.2) is 10.7 Å². The average molecular weight is 222 g/mol. The molecule has 4 aliphatic carbocycles. The summed E-state index contributed by atoms with van der Waals surface area (Å²) in [5.74, 6) is 2.36. The molecule has 0 unspecified atom stereocenters. The lowest BCUT2D eigenvalue weighted by Crippen LogP contribution is -2.71. The summed E-state index contributed by atoms with van der Waals surface area (Å²) in [5.41, 5.74) is -0.0576. The van der Waals surface area contributed by atoms with Gasteiger partial charge in [-0.3, -0.25) is 0 Å². The summed E-state index contributed by atoms with van der Waals surface area (Å²) in [6.07, 6.45) is 6.23. The van der Waals surface area contributed by atoms with Gasteiger partial charge in [0.05, 0.1) is 5.60 Å². The highest BCUT2D eigenvalue weighted by atomic mass is 16.3. The molecule has 0 aromatic heterocycles. The van der Waals surface area contributed by atoms with E-state index in [1.54, 1.807) is 0 Å². The van der Waals surface area contributed by atoms with Crippen molar-refractivity contribution in [2.24, 2.45) is 28.6 Å². The minimum absolute atomic E-state index is 0.136. The lowest BCUT2D eigenvalue weighted by molar-refractivity contribution is -0.291. The first-order valence-corrected chi connectivity index (χ1v) is 7.05. The average Bonchev–Trinajstić information content (AvgIpc) is 2.22. The summed E-state index contributed by atoms with van der Waals surface area (Å²) in [5, 5.41) is 11.3. The largest absolute Gasteiger partial charge is 0.389 e. The zero-order valence-electron chi connectivity index (χ0n) is 11.2. The Bertz CT molecular complexity index is 321. The Morgan fingerprint density at radius 3 is 2.44 bits per heavy atom. The summed E-state index contributed by atoms with van der Waals surface area (Å²) in [4.78, 5) is 0. The fourth-order valence-corrected chi connectivity index (χ4v) is 5.69. The fourth-order valence-electron chi connectivity index (χ4n) is 5.69. The van der Waals surface area contributed by atoms with Crippen molar-refractivity contribution < 1.29 is 5.11 Å². The van der Waals surface area contributed by atoms with Gasteiger partial charge in [-0.15, -0.1) is 0 Å². The van der Waals surface area contributed by atoms with Crippen LogP contribution in [0.2, 0.25) is 0 Å². The third-order valence-electron chi connectivity index (χ3n) is 7.05. The topological polar surface area (TPSA) is 20.2 Å². The predicted octanol–water partition coefficient (Wildman–Crippen LogP) is 3.61. The van der Waals surface area contributed by atoms with Gasteiger partial charge in [-0.25, -0.2) is 0 Å². The van der Waals surface area contributed by atoms with E-state index in [0.29, 0.717) is 0 Å². The summed E-state index contributed by atoms with van der Waals surface area (Å²) in [6, 6.07) is 0. The van der Waals surface area contributed by atoms with Gasteiger partial charge in [0.25, 0.3) is 0 Å². The standard InChI is InChI=1S/C15H26O/c1-10-5-8-15(16)13(2,3)11-6-7-14(15,4)12(10)9-11/h10-12,16H,5-9H2,1-4H3/t10-,11-,12-,14+,15-/m0/s1. The van der Waals surface area contributed by atoms with Gasteiger partial charge in [-0.05, 0) is 60.7 Å². The van der Waals surface area contributed by atoms with Gasteiger partial charge in [-0.2, -0.15) is 0 Å². The van der Waals surface area contributed by atoms with Crippen molar-refractivity contribution in [1.29, 1.82) is 0 Å². The lowest BCUT2D eigenvalue weighted by Gasteiger charge is -2.71. The minimum atomic E-state index is -0.391. The first kappa shape index (κ1) is 11.1. The Labute approximate surface area is 99.6 Å². The molecule has 1 nitrogen and oxygen atoms in total. The van der Waals surface area contributed by atoms with E-state index in [1.165, 1.54) is 25.7 Å². The Kier molecular flexibility index (Phi) is 1.98. The van der Waals surface area contributed by atoms with E-state index >= 15 is 0 Å². The SMILES string of the molecule is C[C@H]1CC[C@]2(O)C(C)(C)[C@H]3CC[C@]2(C)[C@H]1C3. The molecule has 5 atom stereocenters. The maximum atomic E-state index is 11.3. The molecule has 0 aromatic carbocycles. The van der Waals surface area contributed by atoms with E-state index in [9.17, 15) is 5.11 Å². The van der Waals surface area contributed by atoms with Crippen LogP contribution in [0.15, 0.2) is 0 Å². The van der Waals surface area contributed by atoms with E-state index in [2.05, 4.69) is 27.7 Å². The Hall–Kier alpha value is -0.0400. The molecule has 0 spiro atoms. The third-order valence-corrected chi connectivity index (χ3v) is 7.05. The van der Waals surface area contributed by atoms with E-state index in [-0.39, 0.29) is 10.8 Å². The van der Waals surface area contributed by atoms with Crippen molar-refractivity contribution in [3.8, 4) is 0 Å². The highest BCUT2D eigenvalue weighted by Crippen LogP contribution is 2.71. The summed E-state index contributed by atoms with van der Waals surface area (Å²) < 4.78 is 0. The molecule has 16 heavy (non-hydrogen) atoms. The van der Waals surface area contributed by atoms with Gasteiger partial charge in [0.2, 0.25) is 0 Å². The zero-order valence-corrected chi connectivity index (χ0v) is 11.2. The van der Waals surface area contributed by atoms with Gasteiger partial charge >= 0.3 is 0 Å². The molecule has 4 saturated carbocycles. The highest BCUT2D eigenvalue weighted by Gasteiger charge is 2.69. The molecule has 0 saturated heterocycles. The molecule has 0 heterocycles. The molecule has 1 N–H and O–H groups in total. The van der Waals surface area contributed by atoms with Crippen molar-refractivity contribution in [2.75, 3.05) is 0 Å². The maximum Gasteiger partial charge on any atom is 0.0757 e. The normalized spacial score (nSPS) is 58.7. The molecule has 4 rings (SSSR count). The maximum absolute atomic E-state index is 11.3. The van der Waals surface area contributed by atoms with Crippen LogP contribution in [0, 0.1) is 28.6 Å². The van der Waals surface area contributed by atoms with E-state index in [0.717, 1.165) is 24.2 Å². The van der Waals surface area contributed by atoms with Crippen LogP contribution in [0.4, 0.5) is 0 Å². The van der Waals surface area contributed by atoms with Crippen molar-refractivity contribution in [2.45, 2.75) is 65.4 Å². The first-order valence-electron chi connectivity index (χ1n) is 7.05. The minimum Gasteiger partial charge on any atom is -0.389 e. The van der Waals surface area contributed by atoms with Crippen LogP contribution in [-0.2, 0) is 0 Å². The molecule has 0 aliphatic heterocycles. The van der Waals surface area contributed by atoms with E-state index in [4.69, 9.17) is 0 Å². The molecule has 0 radical (unpaired) electrons. The summed E-state index contributed by atoms with van der Waals surface area (Å²) >= 11 is 0. The molecule has 92 valence electrons. The van der Waals surface area contributed by atoms with Gasteiger partial charge in [0, 0.05) is 0 Å². The van der Waals surface area contributed by atoms with Gasteiger partial charge in [-0.1, -0.05) is 27.7 Å². The number of hydrogen-bond acceptors (Lipinski definition) is 1. The van der Waals surface area contributed by atoms with Crippen LogP contribution in [0.25, 0.3) is 0 Å². The fraction of sp³-hybridized carbons (Fsp3) is 1.00. The Balaban J connectivity index is 2.13. The number of fused-ring (bicyclic) bond motifs is 1. The molecule has 4 bridgehead atoms. The molecule has 0 aromatic rings. The highest BCUT2D eigenvalue weighted by molar-refractivity contribution is 5.19. The van der Waals surface area contributed by atoms with Crippen LogP contribution in [0.3, 0.4) is 0 Å². The molecular formula is C15H26O. The van der Waals surface area contributed by atoms with Crippen LogP contribution >= 0.6 is 0 Å². The second-order valence-corrected chi connectivity index (χ2v) is 7.59. The molecule has 1 heteroatoms. The monoisotopic (exact) mass is 222 g/mol. The molecule has 0 amide bonds. The van der Waals surface area contributed by atoms with Crippen molar-refractivity contribution >= 4 is 0 Å². The molecule has 4 fully saturated rings. The lowest BCUT2D eigenvalue weighted by atomic mass is 9.35. The third kappa shape index (κ3) is 0.939. The summed E-state index contributed by atoms with van der Waals surface area (Å²) in [7, 11) is 0. The zero-order chi connectivity index (χ0) is 11.8. The Morgan fingerprint density at radius 2 is 1.75 bits per heavy atom. The first-order chi connectivity index (χ1) is 7.33. The van der Waals surface area contributed by atoms with Crippen molar-refractivity contribution in [3.05, 3.63) is 0 Å². The predicted molar refractivity (Wildman–Crippen MR) is 66.1 cm³/mol.